The molecule has 0 atom stereocenters. The molecule has 0 aliphatic carbocycles. The zero-order chi connectivity index (χ0) is 10.2. The molecule has 1 nitrogen and oxygen atoms in total. The van der Waals surface area contributed by atoms with Gasteiger partial charge in [-0.2, -0.15) is 0 Å². The number of fused-ring (bicyclic) bond motifs is 1. The highest BCUT2D eigenvalue weighted by molar-refractivity contribution is 5.81. The van der Waals surface area contributed by atoms with Crippen LogP contribution in [0.4, 0.5) is 0 Å². The van der Waals surface area contributed by atoms with Crippen molar-refractivity contribution < 1.29 is 4.79 Å². The number of carbonyl (C=O) groups excluding carboxylic acids is 1. The van der Waals surface area contributed by atoms with Crippen LogP contribution in [0.2, 0.25) is 0 Å². The Morgan fingerprint density at radius 1 is 0.857 bits per heavy atom. The summed E-state index contributed by atoms with van der Waals surface area (Å²) in [6, 6.07) is 16.7. The van der Waals surface area contributed by atoms with Gasteiger partial charge in [0.05, 0.1) is 0 Å². The summed E-state index contributed by atoms with van der Waals surface area (Å²) in [6.07, 6.45) is 1.83. The van der Waals surface area contributed by atoms with Crippen LogP contribution in [0.5, 0.6) is 0 Å². The summed E-state index contributed by atoms with van der Waals surface area (Å²) in [6.45, 7) is 3.11. The number of benzene rings is 2. The molecule has 0 spiro atoms. The summed E-state index contributed by atoms with van der Waals surface area (Å²) in [4.78, 5) is 9.06. The van der Waals surface area contributed by atoms with Crippen molar-refractivity contribution in [1.82, 2.24) is 0 Å². The van der Waals surface area contributed by atoms with E-state index in [0.29, 0.717) is 6.29 Å². The molecule has 2 aromatic rings. The molecule has 2 rings (SSSR count). The maximum absolute atomic E-state index is 9.06. The van der Waals surface area contributed by atoms with E-state index in [1.54, 1.807) is 0 Å². The third-order valence-electron chi connectivity index (χ3n) is 1.75. The monoisotopic (exact) mass is 184 g/mol. The maximum Gasteiger partial charge on any atom is 0.142 e. The van der Waals surface area contributed by atoms with Crippen LogP contribution in [0, 0.1) is 0 Å². The molecule has 0 aromatic heterocycles. The Morgan fingerprint density at radius 3 is 1.36 bits per heavy atom. The second-order valence-electron chi connectivity index (χ2n) is 2.72. The molecule has 0 amide bonds. The van der Waals surface area contributed by atoms with E-state index in [1.165, 1.54) is 16.8 Å². The van der Waals surface area contributed by atoms with Gasteiger partial charge in [0.25, 0.3) is 0 Å². The van der Waals surface area contributed by atoms with Crippen molar-refractivity contribution >= 4 is 17.1 Å². The van der Waals surface area contributed by atoms with Crippen molar-refractivity contribution in [2.24, 2.45) is 0 Å². The van der Waals surface area contributed by atoms with Gasteiger partial charge in [-0.1, -0.05) is 55.1 Å². The Labute approximate surface area is 83.7 Å². The molecule has 70 valence electrons. The van der Waals surface area contributed by atoms with E-state index in [4.69, 9.17) is 4.79 Å². The molecule has 0 fully saturated rings. The minimum Gasteiger partial charge on any atom is -0.299 e. The van der Waals surface area contributed by atoms with Crippen molar-refractivity contribution in [3.63, 3.8) is 0 Å². The highest BCUT2D eigenvalue weighted by atomic mass is 16.1. The third-order valence-corrected chi connectivity index (χ3v) is 1.75. The smallest absolute Gasteiger partial charge is 0.142 e. The first-order valence-electron chi connectivity index (χ1n) is 4.38. The van der Waals surface area contributed by atoms with Crippen LogP contribution < -0.4 is 0 Å². The van der Waals surface area contributed by atoms with Crippen LogP contribution in [0.25, 0.3) is 10.8 Å². The molecular weight excluding hydrogens is 172 g/mol. The first-order chi connectivity index (χ1) is 6.88. The lowest BCUT2D eigenvalue weighted by atomic mass is 10.1. The Kier molecular flexibility index (Phi) is 4.15. The van der Waals surface area contributed by atoms with Gasteiger partial charge < -0.3 is 0 Å². The molecule has 14 heavy (non-hydrogen) atoms. The first kappa shape index (κ1) is 10.2. The minimum absolute atomic E-state index is 0.639. The second-order valence-corrected chi connectivity index (χ2v) is 2.72. The number of aldehydes is 1. The van der Waals surface area contributed by atoms with E-state index in [0.717, 1.165) is 0 Å². The molecule has 0 N–H and O–H groups in total. The van der Waals surface area contributed by atoms with Gasteiger partial charge in [-0.15, -0.1) is 0 Å². The molecule has 1 heteroatoms. The number of allylic oxidation sites excluding steroid dienone is 1. The summed E-state index contributed by atoms with van der Waals surface area (Å²) >= 11 is 0. The number of carbonyl (C=O) groups is 1. The van der Waals surface area contributed by atoms with E-state index in [2.05, 4.69) is 55.1 Å². The minimum atomic E-state index is 0.639. The van der Waals surface area contributed by atoms with Crippen molar-refractivity contribution in [2.45, 2.75) is 0 Å². The fraction of sp³-hybridized carbons (Fsp3) is 0. The molecule has 0 aliphatic rings. The van der Waals surface area contributed by atoms with Crippen molar-refractivity contribution in [3.8, 4) is 0 Å². The van der Waals surface area contributed by atoms with Gasteiger partial charge in [0.2, 0.25) is 0 Å². The highest BCUT2D eigenvalue weighted by Gasteiger charge is 1.85. The SMILES string of the molecule is C=CC=O.c1ccc2ccccc2c1. The second kappa shape index (κ2) is 5.70. The molecule has 2 aromatic carbocycles. The van der Waals surface area contributed by atoms with E-state index in [-0.39, 0.29) is 0 Å². The zero-order valence-corrected chi connectivity index (χ0v) is 7.89. The van der Waals surface area contributed by atoms with Crippen LogP contribution in [-0.2, 0) is 4.79 Å². The average Bonchev–Trinajstić information content (AvgIpc) is 2.30. The fourth-order valence-corrected chi connectivity index (χ4v) is 1.13. The van der Waals surface area contributed by atoms with Crippen molar-refractivity contribution in [1.29, 1.82) is 0 Å². The Balaban J connectivity index is 0.000000213. The molecule has 0 aliphatic heterocycles. The van der Waals surface area contributed by atoms with E-state index in [1.807, 2.05) is 0 Å². The molecule has 0 radical (unpaired) electrons. The highest BCUT2D eigenvalue weighted by Crippen LogP contribution is 2.11. The summed E-state index contributed by atoms with van der Waals surface area (Å²) in [5.41, 5.74) is 0. The lowest BCUT2D eigenvalue weighted by molar-refractivity contribution is -0.104. The zero-order valence-electron chi connectivity index (χ0n) is 7.89. The average molecular weight is 184 g/mol. The van der Waals surface area contributed by atoms with Gasteiger partial charge >= 0.3 is 0 Å². The predicted octanol–water partition coefficient (Wildman–Crippen LogP) is 3.21. The van der Waals surface area contributed by atoms with Crippen LogP contribution in [0.1, 0.15) is 0 Å². The first-order valence-corrected chi connectivity index (χ1v) is 4.38. The standard InChI is InChI=1S/C10H8.C3H4O/c1-2-6-10-8-4-3-7-9(10)5-1;1-2-3-4/h1-8H;2-3H,1H2. The van der Waals surface area contributed by atoms with Crippen LogP contribution >= 0.6 is 0 Å². The van der Waals surface area contributed by atoms with Crippen LogP contribution in [-0.4, -0.2) is 6.29 Å². The summed E-state index contributed by atoms with van der Waals surface area (Å²) in [5.74, 6) is 0. The molecule has 0 bridgehead atoms. The topological polar surface area (TPSA) is 17.1 Å². The van der Waals surface area contributed by atoms with E-state index < -0.39 is 0 Å². The van der Waals surface area contributed by atoms with Gasteiger partial charge in [0.15, 0.2) is 0 Å². The Bertz CT molecular complexity index is 347. The van der Waals surface area contributed by atoms with Crippen LogP contribution in [0.15, 0.2) is 61.2 Å². The Hall–Kier alpha value is -1.89. The van der Waals surface area contributed by atoms with Crippen LogP contribution in [0.3, 0.4) is 0 Å². The fourth-order valence-electron chi connectivity index (χ4n) is 1.13. The molecule has 0 unspecified atom stereocenters. The van der Waals surface area contributed by atoms with Gasteiger partial charge in [0.1, 0.15) is 6.29 Å². The third kappa shape index (κ3) is 2.87. The maximum atomic E-state index is 9.06. The molecule has 0 saturated carbocycles. The molecule has 0 saturated heterocycles. The molecule has 0 heterocycles. The van der Waals surface area contributed by atoms with E-state index in [9.17, 15) is 0 Å². The normalized spacial score (nSPS) is 8.57. The van der Waals surface area contributed by atoms with Gasteiger partial charge in [-0.05, 0) is 16.8 Å². The van der Waals surface area contributed by atoms with Crippen molar-refractivity contribution in [2.75, 3.05) is 0 Å². The quantitative estimate of drug-likeness (QED) is 0.491. The lowest BCUT2D eigenvalue weighted by Crippen LogP contribution is -1.67. The van der Waals surface area contributed by atoms with E-state index >= 15 is 0 Å². The number of hydrogen-bond donors (Lipinski definition) is 0. The molecular formula is C13H12O. The largest absolute Gasteiger partial charge is 0.299 e. The lowest BCUT2D eigenvalue weighted by Gasteiger charge is -1.92. The summed E-state index contributed by atoms with van der Waals surface area (Å²) in [5, 5.41) is 2.62. The van der Waals surface area contributed by atoms with Gasteiger partial charge in [-0.25, -0.2) is 0 Å². The van der Waals surface area contributed by atoms with Gasteiger partial charge in [0, 0.05) is 0 Å². The summed E-state index contributed by atoms with van der Waals surface area (Å²) < 4.78 is 0. The summed E-state index contributed by atoms with van der Waals surface area (Å²) in [7, 11) is 0. The Morgan fingerprint density at radius 2 is 1.14 bits per heavy atom. The van der Waals surface area contributed by atoms with Gasteiger partial charge in [-0.3, -0.25) is 4.79 Å². The van der Waals surface area contributed by atoms with Crippen molar-refractivity contribution in [3.05, 3.63) is 61.2 Å². The number of rotatable bonds is 1. The number of hydrogen-bond acceptors (Lipinski definition) is 1. The predicted molar refractivity (Wildman–Crippen MR) is 60.2 cm³/mol.